The highest BCUT2D eigenvalue weighted by atomic mass is 32.2. The summed E-state index contributed by atoms with van der Waals surface area (Å²) < 4.78 is 30.7. The molecule has 5 N–H and O–H groups in total. The maximum absolute atomic E-state index is 11.7. The summed E-state index contributed by atoms with van der Waals surface area (Å²) in [6, 6.07) is 4.40. The minimum atomic E-state index is -3.52. The molecular weight excluding hydrogens is 320 g/mol. The minimum absolute atomic E-state index is 0.0925. The van der Waals surface area contributed by atoms with Crippen molar-refractivity contribution in [1.82, 2.24) is 10.0 Å². The Morgan fingerprint density at radius 3 is 2.43 bits per heavy atom. The zero-order valence-electron chi connectivity index (χ0n) is 13.8. The maximum Gasteiger partial charge on any atom is 0.407 e. The number of sulfonamides is 1. The Morgan fingerprint density at radius 2 is 1.91 bits per heavy atom. The summed E-state index contributed by atoms with van der Waals surface area (Å²) in [6.07, 6.45) is -0.497. The standard InChI is InChI=1S/C14H24N4O4S/c1-14(2,3)22-13(19)18-8-7-17-12-6-5-10(9-11(12)15)23(20,21)16-4/h5-6,9,16-17H,7-8,15H2,1-4H3,(H,18,19). The van der Waals surface area contributed by atoms with Gasteiger partial charge in [-0.15, -0.1) is 0 Å². The van der Waals surface area contributed by atoms with E-state index in [0.29, 0.717) is 24.5 Å². The van der Waals surface area contributed by atoms with Crippen LogP contribution in [0.1, 0.15) is 20.8 Å². The summed E-state index contributed by atoms with van der Waals surface area (Å²) in [4.78, 5) is 11.6. The Labute approximate surface area is 136 Å². The van der Waals surface area contributed by atoms with Crippen molar-refractivity contribution in [2.24, 2.45) is 0 Å². The van der Waals surface area contributed by atoms with E-state index in [9.17, 15) is 13.2 Å². The first-order valence-electron chi connectivity index (χ1n) is 7.09. The molecule has 0 heterocycles. The van der Waals surface area contributed by atoms with E-state index in [0.717, 1.165) is 0 Å². The maximum atomic E-state index is 11.7. The predicted octanol–water partition coefficient (Wildman–Crippen LogP) is 1.11. The van der Waals surface area contributed by atoms with Crippen LogP contribution in [0.25, 0.3) is 0 Å². The third kappa shape index (κ3) is 6.33. The average molecular weight is 344 g/mol. The van der Waals surface area contributed by atoms with Gasteiger partial charge in [0.2, 0.25) is 10.0 Å². The first-order valence-corrected chi connectivity index (χ1v) is 8.57. The average Bonchev–Trinajstić information content (AvgIpc) is 2.42. The van der Waals surface area contributed by atoms with Crippen LogP contribution in [-0.2, 0) is 14.8 Å². The highest BCUT2D eigenvalue weighted by Crippen LogP contribution is 2.22. The van der Waals surface area contributed by atoms with Crippen LogP contribution in [0.15, 0.2) is 23.1 Å². The predicted molar refractivity (Wildman–Crippen MR) is 89.8 cm³/mol. The van der Waals surface area contributed by atoms with Gasteiger partial charge < -0.3 is 21.1 Å². The fourth-order valence-corrected chi connectivity index (χ4v) is 2.43. The van der Waals surface area contributed by atoms with Crippen molar-refractivity contribution < 1.29 is 17.9 Å². The molecule has 0 aromatic heterocycles. The number of amides is 1. The summed E-state index contributed by atoms with van der Waals surface area (Å²) in [5, 5.41) is 5.62. The fourth-order valence-electron chi connectivity index (χ4n) is 1.66. The Kier molecular flexibility index (Phi) is 6.22. The number of nitrogen functional groups attached to an aromatic ring is 1. The molecule has 0 aliphatic carbocycles. The van der Waals surface area contributed by atoms with Crippen molar-refractivity contribution in [2.75, 3.05) is 31.2 Å². The number of carbonyl (C=O) groups excluding carboxylic acids is 1. The first kappa shape index (κ1) is 19.0. The van der Waals surface area contributed by atoms with Crippen LogP contribution in [0.2, 0.25) is 0 Å². The summed E-state index contributed by atoms with van der Waals surface area (Å²) in [5.41, 5.74) is 6.18. The van der Waals surface area contributed by atoms with E-state index >= 15 is 0 Å². The fraction of sp³-hybridized carbons (Fsp3) is 0.500. The Bertz CT molecular complexity index is 653. The van der Waals surface area contributed by atoms with Crippen molar-refractivity contribution in [1.29, 1.82) is 0 Å². The Hall–Kier alpha value is -2.00. The number of nitrogens with two attached hydrogens (primary N) is 1. The molecule has 130 valence electrons. The van der Waals surface area contributed by atoms with Crippen LogP contribution < -0.4 is 21.1 Å². The highest BCUT2D eigenvalue weighted by Gasteiger charge is 2.15. The molecule has 0 bridgehead atoms. The molecule has 1 aromatic carbocycles. The van der Waals surface area contributed by atoms with Crippen LogP contribution in [0.4, 0.5) is 16.2 Å². The Morgan fingerprint density at radius 1 is 1.26 bits per heavy atom. The lowest BCUT2D eigenvalue weighted by molar-refractivity contribution is 0.0530. The molecule has 0 saturated carbocycles. The largest absolute Gasteiger partial charge is 0.444 e. The van der Waals surface area contributed by atoms with Gasteiger partial charge in [0.15, 0.2) is 0 Å². The van der Waals surface area contributed by atoms with E-state index < -0.39 is 21.7 Å². The second kappa shape index (κ2) is 7.51. The van der Waals surface area contributed by atoms with E-state index in [1.807, 2.05) is 0 Å². The van der Waals surface area contributed by atoms with Crippen LogP contribution in [-0.4, -0.2) is 40.2 Å². The third-order valence-electron chi connectivity index (χ3n) is 2.71. The lowest BCUT2D eigenvalue weighted by Crippen LogP contribution is -2.35. The summed E-state index contributed by atoms with van der Waals surface area (Å²) in [6.45, 7) is 6.11. The van der Waals surface area contributed by atoms with Crippen LogP contribution in [0.3, 0.4) is 0 Å². The van der Waals surface area contributed by atoms with Gasteiger partial charge in [-0.1, -0.05) is 0 Å². The van der Waals surface area contributed by atoms with Crippen molar-refractivity contribution in [3.63, 3.8) is 0 Å². The lowest BCUT2D eigenvalue weighted by atomic mass is 10.2. The molecule has 0 saturated heterocycles. The van der Waals surface area contributed by atoms with E-state index in [-0.39, 0.29) is 4.90 Å². The minimum Gasteiger partial charge on any atom is -0.444 e. The lowest BCUT2D eigenvalue weighted by Gasteiger charge is -2.19. The molecule has 1 aromatic rings. The molecule has 9 heteroatoms. The number of carbonyl (C=O) groups is 1. The summed E-state index contributed by atoms with van der Waals surface area (Å²) in [5.74, 6) is 0. The Balaban J connectivity index is 2.52. The van der Waals surface area contributed by atoms with Gasteiger partial charge in [-0.3, -0.25) is 0 Å². The van der Waals surface area contributed by atoms with Gasteiger partial charge >= 0.3 is 6.09 Å². The normalized spacial score (nSPS) is 11.8. The van der Waals surface area contributed by atoms with E-state index in [4.69, 9.17) is 10.5 Å². The highest BCUT2D eigenvalue weighted by molar-refractivity contribution is 7.89. The number of ether oxygens (including phenoxy) is 1. The molecule has 0 aliphatic heterocycles. The summed E-state index contributed by atoms with van der Waals surface area (Å²) >= 11 is 0. The first-order chi connectivity index (χ1) is 10.5. The molecule has 23 heavy (non-hydrogen) atoms. The SMILES string of the molecule is CNS(=O)(=O)c1ccc(NCCNC(=O)OC(C)(C)C)c(N)c1. The third-order valence-corrected chi connectivity index (χ3v) is 4.12. The van der Waals surface area contributed by atoms with Crippen molar-refractivity contribution in [3.05, 3.63) is 18.2 Å². The molecule has 1 amide bonds. The number of hydrogen-bond acceptors (Lipinski definition) is 6. The van der Waals surface area contributed by atoms with Gasteiger partial charge in [-0.25, -0.2) is 17.9 Å². The molecule has 8 nitrogen and oxygen atoms in total. The van der Waals surface area contributed by atoms with Crippen molar-refractivity contribution >= 4 is 27.5 Å². The van der Waals surface area contributed by atoms with Crippen LogP contribution in [0, 0.1) is 0 Å². The van der Waals surface area contributed by atoms with Gasteiger partial charge in [-0.05, 0) is 46.0 Å². The molecule has 0 fully saturated rings. The molecular formula is C14H24N4O4S. The second-order valence-electron chi connectivity index (χ2n) is 5.81. The molecule has 0 aliphatic rings. The zero-order chi connectivity index (χ0) is 17.7. The number of benzene rings is 1. The summed E-state index contributed by atoms with van der Waals surface area (Å²) in [7, 11) is -2.19. The zero-order valence-corrected chi connectivity index (χ0v) is 14.6. The molecule has 0 radical (unpaired) electrons. The molecule has 1 rings (SSSR count). The van der Waals surface area contributed by atoms with E-state index in [1.54, 1.807) is 26.8 Å². The number of hydrogen-bond donors (Lipinski definition) is 4. The molecule has 0 atom stereocenters. The molecule has 0 unspecified atom stereocenters. The van der Waals surface area contributed by atoms with Crippen molar-refractivity contribution in [2.45, 2.75) is 31.3 Å². The number of rotatable bonds is 6. The van der Waals surface area contributed by atoms with Gasteiger partial charge in [0.05, 0.1) is 16.3 Å². The molecule has 0 spiro atoms. The van der Waals surface area contributed by atoms with Crippen LogP contribution >= 0.6 is 0 Å². The van der Waals surface area contributed by atoms with Gasteiger partial charge in [0.1, 0.15) is 5.60 Å². The van der Waals surface area contributed by atoms with E-state index in [1.165, 1.54) is 19.2 Å². The van der Waals surface area contributed by atoms with Gasteiger partial charge in [0.25, 0.3) is 0 Å². The van der Waals surface area contributed by atoms with Gasteiger partial charge in [-0.2, -0.15) is 0 Å². The topological polar surface area (TPSA) is 123 Å². The van der Waals surface area contributed by atoms with Crippen molar-refractivity contribution in [3.8, 4) is 0 Å². The van der Waals surface area contributed by atoms with Crippen LogP contribution in [0.5, 0.6) is 0 Å². The number of anilines is 2. The number of nitrogens with one attached hydrogen (secondary N) is 3. The van der Waals surface area contributed by atoms with Gasteiger partial charge in [0, 0.05) is 13.1 Å². The second-order valence-corrected chi connectivity index (χ2v) is 7.70. The quantitative estimate of drug-likeness (QED) is 0.453. The monoisotopic (exact) mass is 344 g/mol. The van der Waals surface area contributed by atoms with E-state index in [2.05, 4.69) is 15.4 Å². The number of alkyl carbamates (subject to hydrolysis) is 1. The smallest absolute Gasteiger partial charge is 0.407 e.